The fourth-order valence-electron chi connectivity index (χ4n) is 2.83. The Morgan fingerprint density at radius 2 is 0.870 bits per heavy atom. The topological polar surface area (TPSA) is 46.2 Å². The molecule has 0 aliphatic carbocycles. The average Bonchev–Trinajstić information content (AvgIpc) is 2.76. The van der Waals surface area contributed by atoms with Gasteiger partial charge >= 0.3 is 66.5 Å². The van der Waals surface area contributed by atoms with Crippen LogP contribution >= 0.6 is 0 Å². The summed E-state index contributed by atoms with van der Waals surface area (Å²) >= 11 is 0. The molecule has 1 saturated heterocycles. The first-order valence-corrected chi connectivity index (χ1v) is 11.0. The third kappa shape index (κ3) is 7.42. The maximum Gasteiger partial charge on any atom is 0.462 e. The fourth-order valence-corrected chi connectivity index (χ4v) is 2.83. The van der Waals surface area contributed by atoms with Crippen LogP contribution in [0.3, 0.4) is 0 Å². The van der Waals surface area contributed by atoms with Gasteiger partial charge in [-0.3, -0.25) is 14.2 Å². The average molecular weight is 746 g/mol. The fraction of sp³-hybridized carbons (Fsp3) is 1.00. The van der Waals surface area contributed by atoms with Crippen LogP contribution in [-0.2, 0) is 23.7 Å². The first-order chi connectivity index (χ1) is 19.8. The van der Waals surface area contributed by atoms with Crippen LogP contribution in [0.25, 0.3) is 0 Å². The lowest BCUT2D eigenvalue weighted by Crippen LogP contribution is -2.70. The minimum absolute atomic E-state index is 0.0832. The Balaban J connectivity index is 3.69. The number of ether oxygens (including phenoxy) is 5. The summed E-state index contributed by atoms with van der Waals surface area (Å²) in [4.78, 5) is 0. The molecular weight excluding hydrogens is 733 g/mol. The highest BCUT2D eigenvalue weighted by Gasteiger charge is 2.88. The van der Waals surface area contributed by atoms with Gasteiger partial charge in [-0.05, 0) is 6.42 Å². The summed E-state index contributed by atoms with van der Waals surface area (Å²) < 4.78 is 319. The Bertz CT molecular complexity index is 1040. The van der Waals surface area contributed by atoms with E-state index < -0.39 is 85.1 Å². The predicted octanol–water partition coefficient (Wildman–Crippen LogP) is 8.14. The zero-order chi connectivity index (χ0) is 37.1. The van der Waals surface area contributed by atoms with Crippen molar-refractivity contribution in [2.75, 3.05) is 26.4 Å². The van der Waals surface area contributed by atoms with Gasteiger partial charge in [-0.25, -0.2) is 0 Å². The maximum absolute atomic E-state index is 14.5. The SMILES string of the molecule is CCC1(COCC(F)(OC(F)(F)C(F)(OC(F)(F)C(F)(OC(F)(F)C(F)(F)C(F)(F)F)C(F)(F)F)C(F)(F)F)C(F)(F)F)COC1. The third-order valence-electron chi connectivity index (χ3n) is 5.71. The van der Waals surface area contributed by atoms with E-state index >= 15 is 0 Å². The van der Waals surface area contributed by atoms with Gasteiger partial charge in [0.2, 0.25) is 0 Å². The minimum Gasteiger partial charge on any atom is -0.380 e. The van der Waals surface area contributed by atoms with Crippen LogP contribution in [0.5, 0.6) is 0 Å². The maximum atomic E-state index is 14.5. The smallest absolute Gasteiger partial charge is 0.380 e. The van der Waals surface area contributed by atoms with Crippen molar-refractivity contribution in [3.63, 3.8) is 0 Å². The number of rotatable bonds is 14. The van der Waals surface area contributed by atoms with Crippen LogP contribution in [0.15, 0.2) is 0 Å². The molecule has 1 heterocycles. The predicted molar refractivity (Wildman–Crippen MR) is 93.1 cm³/mol. The second-order valence-corrected chi connectivity index (χ2v) is 9.18. The molecule has 0 bridgehead atoms. The van der Waals surface area contributed by atoms with Crippen LogP contribution in [0, 0.1) is 5.41 Å². The summed E-state index contributed by atoms with van der Waals surface area (Å²) in [6, 6.07) is 0. The Labute approximate surface area is 237 Å². The van der Waals surface area contributed by atoms with Gasteiger partial charge in [-0.2, -0.15) is 101 Å². The van der Waals surface area contributed by atoms with Gasteiger partial charge in [0.25, 0.3) is 0 Å². The van der Waals surface area contributed by atoms with Crippen molar-refractivity contribution >= 4 is 0 Å². The standard InChI is InChI=1S/C18H13F23O5/c1-2-7(3-42-4-7)5-43-6-8(19,12(24,25)26)44-17(38,39)10(22,14(30,31)32)46-18(40,41)11(23,15(33,34)35)45-16(36,37)9(20,21)13(27,28)29/h2-6H2,1H3. The van der Waals surface area contributed by atoms with Crippen molar-refractivity contribution in [1.82, 2.24) is 0 Å². The molecule has 5 nitrogen and oxygen atoms in total. The molecule has 0 saturated carbocycles. The largest absolute Gasteiger partial charge is 0.462 e. The van der Waals surface area contributed by atoms with Crippen molar-refractivity contribution in [2.45, 2.75) is 79.9 Å². The minimum atomic E-state index is -8.67. The molecule has 0 radical (unpaired) electrons. The quantitative estimate of drug-likeness (QED) is 0.168. The van der Waals surface area contributed by atoms with E-state index in [4.69, 9.17) is 0 Å². The molecule has 276 valence electrons. The summed E-state index contributed by atoms with van der Waals surface area (Å²) in [6.07, 6.45) is -56.8. The Morgan fingerprint density at radius 1 is 0.500 bits per heavy atom. The number of halogens is 23. The van der Waals surface area contributed by atoms with Gasteiger partial charge in [-0.15, -0.1) is 0 Å². The summed E-state index contributed by atoms with van der Waals surface area (Å²) in [5, 5.41) is 0. The number of hydrogen-bond acceptors (Lipinski definition) is 5. The van der Waals surface area contributed by atoms with E-state index in [9.17, 15) is 101 Å². The Morgan fingerprint density at radius 3 is 1.15 bits per heavy atom. The lowest BCUT2D eigenvalue weighted by atomic mass is 9.84. The second-order valence-electron chi connectivity index (χ2n) is 9.18. The van der Waals surface area contributed by atoms with Gasteiger partial charge in [0.1, 0.15) is 6.61 Å². The van der Waals surface area contributed by atoms with Gasteiger partial charge in [-0.1, -0.05) is 6.92 Å². The Hall–Kier alpha value is -1.81. The molecule has 1 aliphatic rings. The summed E-state index contributed by atoms with van der Waals surface area (Å²) in [7, 11) is 0. The molecule has 0 aromatic rings. The molecule has 46 heavy (non-hydrogen) atoms. The lowest BCUT2D eigenvalue weighted by molar-refractivity contribution is -0.580. The van der Waals surface area contributed by atoms with Gasteiger partial charge in [0.05, 0.1) is 19.8 Å². The van der Waals surface area contributed by atoms with E-state index in [1.165, 1.54) is 11.7 Å². The molecule has 0 aromatic heterocycles. The first-order valence-electron chi connectivity index (χ1n) is 11.0. The van der Waals surface area contributed by atoms with Crippen molar-refractivity contribution in [3.05, 3.63) is 0 Å². The second kappa shape index (κ2) is 12.0. The van der Waals surface area contributed by atoms with Crippen LogP contribution in [0.1, 0.15) is 13.3 Å². The molecule has 1 fully saturated rings. The molecule has 1 aliphatic heterocycles. The Kier molecular flexibility index (Phi) is 11.0. The number of hydrogen-bond donors (Lipinski definition) is 0. The summed E-state index contributed by atoms with van der Waals surface area (Å²) in [5.74, 6) is -31.7. The number of alkyl halides is 23. The highest BCUT2D eigenvalue weighted by Crippen LogP contribution is 2.59. The van der Waals surface area contributed by atoms with Crippen molar-refractivity contribution in [2.24, 2.45) is 5.41 Å². The zero-order valence-corrected chi connectivity index (χ0v) is 21.3. The first kappa shape index (κ1) is 42.2. The molecular formula is C18H13F23O5. The molecule has 3 atom stereocenters. The molecule has 28 heteroatoms. The highest BCUT2D eigenvalue weighted by atomic mass is 19.4. The van der Waals surface area contributed by atoms with Gasteiger partial charge in [0.15, 0.2) is 0 Å². The molecule has 1 rings (SSSR count). The van der Waals surface area contributed by atoms with E-state index in [0.717, 1.165) is 4.74 Å². The van der Waals surface area contributed by atoms with Crippen LogP contribution in [0.2, 0.25) is 0 Å². The van der Waals surface area contributed by atoms with E-state index in [-0.39, 0.29) is 19.6 Å². The van der Waals surface area contributed by atoms with Crippen LogP contribution in [-0.4, -0.2) is 92.9 Å². The molecule has 3 unspecified atom stereocenters. The summed E-state index contributed by atoms with van der Waals surface area (Å²) in [6.45, 7) is -3.61. The van der Waals surface area contributed by atoms with Crippen LogP contribution in [0.4, 0.5) is 101 Å². The van der Waals surface area contributed by atoms with E-state index in [2.05, 4.69) is 9.47 Å². The van der Waals surface area contributed by atoms with Crippen molar-refractivity contribution in [3.8, 4) is 0 Å². The molecule has 0 N–H and O–H groups in total. The molecule has 0 spiro atoms. The summed E-state index contributed by atoms with van der Waals surface area (Å²) in [5.41, 5.74) is -1.29. The van der Waals surface area contributed by atoms with Gasteiger partial charge in [0, 0.05) is 5.41 Å². The van der Waals surface area contributed by atoms with E-state index in [1.807, 2.05) is 4.74 Å². The van der Waals surface area contributed by atoms with E-state index in [0.29, 0.717) is 0 Å². The third-order valence-corrected chi connectivity index (χ3v) is 5.71. The highest BCUT2D eigenvalue weighted by molar-refractivity contribution is 4.98. The molecule has 0 aromatic carbocycles. The van der Waals surface area contributed by atoms with E-state index in [1.54, 1.807) is 0 Å². The molecule has 0 amide bonds. The van der Waals surface area contributed by atoms with Crippen LogP contribution < -0.4 is 0 Å². The zero-order valence-electron chi connectivity index (χ0n) is 21.3. The van der Waals surface area contributed by atoms with Gasteiger partial charge < -0.3 is 9.47 Å². The monoisotopic (exact) mass is 746 g/mol. The lowest BCUT2D eigenvalue weighted by Gasteiger charge is -2.43. The van der Waals surface area contributed by atoms with Crippen molar-refractivity contribution in [1.29, 1.82) is 0 Å². The normalized spacial score (nSPS) is 21.7. The van der Waals surface area contributed by atoms with Crippen molar-refractivity contribution < 1.29 is 125 Å².